The van der Waals surface area contributed by atoms with E-state index in [-0.39, 0.29) is 0 Å². The van der Waals surface area contributed by atoms with Gasteiger partial charge in [-0.3, -0.25) is 0 Å². The molecule has 15 heavy (non-hydrogen) atoms. The summed E-state index contributed by atoms with van der Waals surface area (Å²) >= 11 is 0. The first-order valence-corrected chi connectivity index (χ1v) is 6.51. The number of terminal acetylenes is 1. The highest BCUT2D eigenvalue weighted by Gasteiger charge is 2.25. The molecule has 0 heterocycles. The zero-order valence-corrected chi connectivity index (χ0v) is 10.3. The summed E-state index contributed by atoms with van der Waals surface area (Å²) < 4.78 is 0. The molecule has 0 aromatic heterocycles. The maximum Gasteiger partial charge on any atom is 0.0715 e. The Morgan fingerprint density at radius 2 is 1.93 bits per heavy atom. The van der Waals surface area contributed by atoms with Crippen LogP contribution in [-0.2, 0) is 0 Å². The van der Waals surface area contributed by atoms with Gasteiger partial charge in [-0.25, -0.2) is 0 Å². The normalized spacial score (nSPS) is 28.3. The topological polar surface area (TPSA) is 12.0 Å². The zero-order chi connectivity index (χ0) is 11.1. The molecule has 0 amide bonds. The average molecular weight is 207 g/mol. The Bertz CT molecular complexity index is 196. The Balaban J connectivity index is 2.33. The van der Waals surface area contributed by atoms with Crippen molar-refractivity contribution >= 4 is 0 Å². The van der Waals surface area contributed by atoms with Gasteiger partial charge in [-0.2, -0.15) is 0 Å². The van der Waals surface area contributed by atoms with E-state index in [1.807, 2.05) is 0 Å². The Hall–Kier alpha value is -0.480. The fraction of sp³-hybridized carbons (Fsp3) is 0.857. The molecule has 0 radical (unpaired) electrons. The molecule has 1 N–H and O–H groups in total. The van der Waals surface area contributed by atoms with Crippen molar-refractivity contribution in [2.24, 2.45) is 11.8 Å². The van der Waals surface area contributed by atoms with Crippen molar-refractivity contribution in [2.75, 3.05) is 6.54 Å². The second-order valence-electron chi connectivity index (χ2n) is 4.79. The molecular weight excluding hydrogens is 182 g/mol. The van der Waals surface area contributed by atoms with Crippen molar-refractivity contribution in [2.45, 2.75) is 58.4 Å². The van der Waals surface area contributed by atoms with Gasteiger partial charge < -0.3 is 5.32 Å². The molecule has 1 unspecified atom stereocenters. The van der Waals surface area contributed by atoms with Crippen LogP contribution in [0, 0.1) is 24.2 Å². The summed E-state index contributed by atoms with van der Waals surface area (Å²) in [6.07, 6.45) is 13.5. The van der Waals surface area contributed by atoms with Gasteiger partial charge in [0.25, 0.3) is 0 Å². The van der Waals surface area contributed by atoms with Crippen LogP contribution < -0.4 is 5.32 Å². The highest BCUT2D eigenvalue weighted by Crippen LogP contribution is 2.32. The van der Waals surface area contributed by atoms with Gasteiger partial charge in [0, 0.05) is 0 Å². The Labute approximate surface area is 95.0 Å². The Morgan fingerprint density at radius 3 is 2.40 bits per heavy atom. The van der Waals surface area contributed by atoms with Crippen LogP contribution in [0.2, 0.25) is 0 Å². The second-order valence-corrected chi connectivity index (χ2v) is 4.79. The second kappa shape index (κ2) is 6.90. The first-order chi connectivity index (χ1) is 7.31. The van der Waals surface area contributed by atoms with Crippen molar-refractivity contribution in [3.63, 3.8) is 0 Å². The minimum Gasteiger partial charge on any atom is -0.303 e. The molecule has 0 saturated heterocycles. The summed E-state index contributed by atoms with van der Waals surface area (Å²) in [5.41, 5.74) is 0. The highest BCUT2D eigenvalue weighted by molar-refractivity contribution is 5.03. The van der Waals surface area contributed by atoms with E-state index >= 15 is 0 Å². The molecule has 1 heteroatoms. The maximum atomic E-state index is 5.60. The maximum absolute atomic E-state index is 5.60. The molecule has 1 nitrogen and oxygen atoms in total. The molecule has 86 valence electrons. The number of hydrogen-bond donors (Lipinski definition) is 1. The lowest BCUT2D eigenvalue weighted by Crippen LogP contribution is -2.37. The van der Waals surface area contributed by atoms with Crippen LogP contribution in [-0.4, -0.2) is 12.6 Å². The molecule has 1 aliphatic carbocycles. The molecule has 1 atom stereocenters. The van der Waals surface area contributed by atoms with E-state index in [1.54, 1.807) is 0 Å². The van der Waals surface area contributed by atoms with Crippen LogP contribution in [0.15, 0.2) is 0 Å². The molecule has 0 aromatic carbocycles. The lowest BCUT2D eigenvalue weighted by Gasteiger charge is -2.31. The standard InChI is InChI=1S/C14H25N/c1-4-11-15-14(6-3)13-9-7-12(5-2)8-10-13/h3,12-15H,4-5,7-11H2,1-2H3. The smallest absolute Gasteiger partial charge is 0.0715 e. The van der Waals surface area contributed by atoms with E-state index in [4.69, 9.17) is 6.42 Å². The summed E-state index contributed by atoms with van der Waals surface area (Å²) in [6, 6.07) is 0.322. The first kappa shape index (κ1) is 12.6. The Kier molecular flexibility index (Phi) is 5.79. The van der Waals surface area contributed by atoms with Gasteiger partial charge in [0.1, 0.15) is 0 Å². The summed E-state index contributed by atoms with van der Waals surface area (Å²) in [4.78, 5) is 0. The minimum atomic E-state index is 0.322. The summed E-state index contributed by atoms with van der Waals surface area (Å²) in [5.74, 6) is 4.62. The van der Waals surface area contributed by atoms with E-state index in [0.717, 1.165) is 18.4 Å². The lowest BCUT2D eigenvalue weighted by molar-refractivity contribution is 0.241. The quantitative estimate of drug-likeness (QED) is 0.683. The third kappa shape index (κ3) is 3.87. The molecule has 1 saturated carbocycles. The van der Waals surface area contributed by atoms with Crippen molar-refractivity contribution in [3.05, 3.63) is 0 Å². The van der Waals surface area contributed by atoms with Gasteiger partial charge in [0.05, 0.1) is 6.04 Å². The summed E-state index contributed by atoms with van der Waals surface area (Å²) in [6.45, 7) is 5.55. The number of rotatable bonds is 5. The molecule has 0 bridgehead atoms. The molecule has 1 fully saturated rings. The number of nitrogens with one attached hydrogen (secondary N) is 1. The van der Waals surface area contributed by atoms with Crippen LogP contribution in [0.25, 0.3) is 0 Å². The Morgan fingerprint density at radius 1 is 1.27 bits per heavy atom. The predicted octanol–water partition coefficient (Wildman–Crippen LogP) is 3.20. The van der Waals surface area contributed by atoms with Crippen LogP contribution >= 0.6 is 0 Å². The first-order valence-electron chi connectivity index (χ1n) is 6.51. The van der Waals surface area contributed by atoms with E-state index in [1.165, 1.54) is 38.5 Å². The molecule has 0 spiro atoms. The van der Waals surface area contributed by atoms with E-state index < -0.39 is 0 Å². The van der Waals surface area contributed by atoms with Crippen molar-refractivity contribution in [3.8, 4) is 12.3 Å². The molecule has 1 rings (SSSR count). The highest BCUT2D eigenvalue weighted by atomic mass is 14.9. The van der Waals surface area contributed by atoms with Gasteiger partial charge in [-0.15, -0.1) is 6.42 Å². The van der Waals surface area contributed by atoms with E-state index in [2.05, 4.69) is 25.1 Å². The minimum absolute atomic E-state index is 0.322. The fourth-order valence-electron chi connectivity index (χ4n) is 2.59. The van der Waals surface area contributed by atoms with Crippen molar-refractivity contribution in [1.29, 1.82) is 0 Å². The molecular formula is C14H25N. The SMILES string of the molecule is C#CC(NCCC)C1CCC(CC)CC1. The lowest BCUT2D eigenvalue weighted by atomic mass is 9.78. The zero-order valence-electron chi connectivity index (χ0n) is 10.3. The van der Waals surface area contributed by atoms with E-state index in [9.17, 15) is 0 Å². The monoisotopic (exact) mass is 207 g/mol. The molecule has 0 aliphatic heterocycles. The van der Waals surface area contributed by atoms with Gasteiger partial charge in [-0.1, -0.05) is 39.0 Å². The molecule has 1 aliphatic rings. The third-order valence-electron chi connectivity index (χ3n) is 3.73. The fourth-order valence-corrected chi connectivity index (χ4v) is 2.59. The average Bonchev–Trinajstić information content (AvgIpc) is 2.31. The molecule has 0 aromatic rings. The van der Waals surface area contributed by atoms with Crippen LogP contribution in [0.3, 0.4) is 0 Å². The van der Waals surface area contributed by atoms with Gasteiger partial charge >= 0.3 is 0 Å². The third-order valence-corrected chi connectivity index (χ3v) is 3.73. The van der Waals surface area contributed by atoms with Crippen LogP contribution in [0.5, 0.6) is 0 Å². The van der Waals surface area contributed by atoms with Crippen LogP contribution in [0.4, 0.5) is 0 Å². The predicted molar refractivity (Wildman–Crippen MR) is 66.7 cm³/mol. The number of hydrogen-bond acceptors (Lipinski definition) is 1. The van der Waals surface area contributed by atoms with Gasteiger partial charge in [-0.05, 0) is 37.6 Å². The largest absolute Gasteiger partial charge is 0.303 e. The van der Waals surface area contributed by atoms with Crippen LogP contribution in [0.1, 0.15) is 52.4 Å². The van der Waals surface area contributed by atoms with E-state index in [0.29, 0.717) is 6.04 Å². The summed E-state index contributed by atoms with van der Waals surface area (Å²) in [5, 5.41) is 3.49. The van der Waals surface area contributed by atoms with Gasteiger partial charge in [0.15, 0.2) is 0 Å². The van der Waals surface area contributed by atoms with Crippen molar-refractivity contribution < 1.29 is 0 Å². The summed E-state index contributed by atoms with van der Waals surface area (Å²) in [7, 11) is 0. The van der Waals surface area contributed by atoms with Crippen molar-refractivity contribution in [1.82, 2.24) is 5.32 Å². The van der Waals surface area contributed by atoms with Gasteiger partial charge in [0.2, 0.25) is 0 Å².